The Balaban J connectivity index is 1.75. The highest BCUT2D eigenvalue weighted by molar-refractivity contribution is 5.88. The fourth-order valence-electron chi connectivity index (χ4n) is 3.13. The first-order valence-electron chi connectivity index (χ1n) is 8.26. The molecule has 24 heavy (non-hydrogen) atoms. The van der Waals surface area contributed by atoms with Gasteiger partial charge in [0, 0.05) is 36.7 Å². The van der Waals surface area contributed by atoms with Crippen molar-refractivity contribution in [3.63, 3.8) is 0 Å². The topological polar surface area (TPSA) is 79.2 Å². The molecule has 6 heteroatoms. The van der Waals surface area contributed by atoms with Gasteiger partial charge in [-0.1, -0.05) is 0 Å². The van der Waals surface area contributed by atoms with Crippen molar-refractivity contribution in [2.75, 3.05) is 13.1 Å². The average molecular weight is 326 g/mol. The molecule has 1 atom stereocenters. The van der Waals surface area contributed by atoms with E-state index >= 15 is 0 Å². The first-order chi connectivity index (χ1) is 11.5. The molecule has 0 amide bonds. The van der Waals surface area contributed by atoms with Gasteiger partial charge in [-0.15, -0.1) is 0 Å². The fourth-order valence-corrected chi connectivity index (χ4v) is 3.13. The minimum absolute atomic E-state index is 0.156. The highest BCUT2D eigenvalue weighted by atomic mass is 16.4. The molecule has 1 aliphatic heterocycles. The predicted octanol–water partition coefficient (Wildman–Crippen LogP) is 2.51. The van der Waals surface area contributed by atoms with Crippen LogP contribution >= 0.6 is 0 Å². The second-order valence-corrected chi connectivity index (χ2v) is 6.61. The third-order valence-electron chi connectivity index (χ3n) is 4.51. The molecule has 0 unspecified atom stereocenters. The maximum atomic E-state index is 11.1. The van der Waals surface area contributed by atoms with Crippen LogP contribution in [0.1, 0.15) is 36.3 Å². The summed E-state index contributed by atoms with van der Waals surface area (Å²) in [6.45, 7) is 6.69. The van der Waals surface area contributed by atoms with Gasteiger partial charge in [-0.25, -0.2) is 9.78 Å². The summed E-state index contributed by atoms with van der Waals surface area (Å²) in [5, 5.41) is 9.09. The van der Waals surface area contributed by atoms with E-state index in [1.807, 2.05) is 0 Å². The monoisotopic (exact) mass is 326 g/mol. The molecular formula is C18H22N4O2. The Labute approximate surface area is 141 Å². The number of pyridine rings is 1. The van der Waals surface area contributed by atoms with Crippen LogP contribution in [0.25, 0.3) is 11.3 Å². The van der Waals surface area contributed by atoms with Gasteiger partial charge >= 0.3 is 5.97 Å². The molecule has 126 valence electrons. The number of carboxylic acid groups (broad SMARTS) is 1. The van der Waals surface area contributed by atoms with Crippen LogP contribution < -0.4 is 0 Å². The lowest BCUT2D eigenvalue weighted by Gasteiger charge is -2.20. The number of carbonyl (C=O) groups is 1. The molecule has 3 heterocycles. The number of carboxylic acids is 1. The Bertz CT molecular complexity index is 732. The van der Waals surface area contributed by atoms with Gasteiger partial charge in [0.15, 0.2) is 0 Å². The lowest BCUT2D eigenvalue weighted by Crippen LogP contribution is -2.28. The normalized spacial score (nSPS) is 18.2. The highest BCUT2D eigenvalue weighted by Gasteiger charge is 2.24. The molecule has 0 bridgehead atoms. The Kier molecular flexibility index (Phi) is 4.85. The van der Waals surface area contributed by atoms with E-state index in [0.29, 0.717) is 23.2 Å². The molecule has 0 radical (unpaired) electrons. The van der Waals surface area contributed by atoms with E-state index in [0.717, 1.165) is 25.2 Å². The summed E-state index contributed by atoms with van der Waals surface area (Å²) in [4.78, 5) is 26.5. The largest absolute Gasteiger partial charge is 0.478 e. The van der Waals surface area contributed by atoms with Crippen molar-refractivity contribution in [3.05, 3.63) is 42.1 Å². The van der Waals surface area contributed by atoms with E-state index in [2.05, 4.69) is 33.7 Å². The molecule has 0 spiro atoms. The van der Waals surface area contributed by atoms with Crippen LogP contribution in [0.4, 0.5) is 0 Å². The Hall–Kier alpha value is -2.34. The zero-order valence-electron chi connectivity index (χ0n) is 14.0. The first-order valence-corrected chi connectivity index (χ1v) is 8.26. The Morgan fingerprint density at radius 3 is 2.79 bits per heavy atom. The van der Waals surface area contributed by atoms with E-state index in [1.54, 1.807) is 24.7 Å². The van der Waals surface area contributed by atoms with Crippen molar-refractivity contribution >= 4 is 5.97 Å². The first kappa shape index (κ1) is 16.5. The molecule has 2 aromatic rings. The number of aromatic nitrogens is 3. The zero-order valence-corrected chi connectivity index (χ0v) is 14.0. The molecule has 1 saturated heterocycles. The fraction of sp³-hybridized carbons (Fsp3) is 0.444. The van der Waals surface area contributed by atoms with Crippen molar-refractivity contribution < 1.29 is 9.90 Å². The SMILES string of the molecule is CC(C)N1CC[C@@H](Cc2cncc(-c3cncc(C(=O)O)c3)n2)C1. The highest BCUT2D eigenvalue weighted by Crippen LogP contribution is 2.23. The minimum atomic E-state index is -0.992. The predicted molar refractivity (Wildman–Crippen MR) is 90.7 cm³/mol. The van der Waals surface area contributed by atoms with Crippen molar-refractivity contribution in [3.8, 4) is 11.3 Å². The average Bonchev–Trinajstić information content (AvgIpc) is 3.04. The van der Waals surface area contributed by atoms with Crippen LogP contribution in [0, 0.1) is 5.92 Å². The molecule has 0 aliphatic carbocycles. The molecule has 0 saturated carbocycles. The molecule has 6 nitrogen and oxygen atoms in total. The summed E-state index contributed by atoms with van der Waals surface area (Å²) in [7, 11) is 0. The van der Waals surface area contributed by atoms with Crippen molar-refractivity contribution in [2.24, 2.45) is 5.92 Å². The summed E-state index contributed by atoms with van der Waals surface area (Å²) in [5.74, 6) is -0.395. The van der Waals surface area contributed by atoms with Gasteiger partial charge in [-0.2, -0.15) is 0 Å². The number of hydrogen-bond donors (Lipinski definition) is 1. The van der Waals surface area contributed by atoms with Crippen LogP contribution in [0.5, 0.6) is 0 Å². The van der Waals surface area contributed by atoms with Crippen molar-refractivity contribution in [2.45, 2.75) is 32.7 Å². The number of rotatable bonds is 5. The lowest BCUT2D eigenvalue weighted by molar-refractivity contribution is 0.0696. The molecule has 3 rings (SSSR count). The second-order valence-electron chi connectivity index (χ2n) is 6.61. The molecule has 2 aromatic heterocycles. The maximum Gasteiger partial charge on any atom is 0.337 e. The quantitative estimate of drug-likeness (QED) is 0.909. The van der Waals surface area contributed by atoms with Crippen LogP contribution in [0.3, 0.4) is 0 Å². The van der Waals surface area contributed by atoms with Crippen LogP contribution in [0.2, 0.25) is 0 Å². The van der Waals surface area contributed by atoms with E-state index in [1.165, 1.54) is 12.6 Å². The van der Waals surface area contributed by atoms with Gasteiger partial charge < -0.3 is 10.0 Å². The maximum absolute atomic E-state index is 11.1. The molecular weight excluding hydrogens is 304 g/mol. The number of aromatic carboxylic acids is 1. The Morgan fingerprint density at radius 2 is 2.08 bits per heavy atom. The third-order valence-corrected chi connectivity index (χ3v) is 4.51. The summed E-state index contributed by atoms with van der Waals surface area (Å²) < 4.78 is 0. The van der Waals surface area contributed by atoms with E-state index in [4.69, 9.17) is 5.11 Å². The van der Waals surface area contributed by atoms with Crippen molar-refractivity contribution in [1.82, 2.24) is 19.9 Å². The number of likely N-dealkylation sites (tertiary alicyclic amines) is 1. The second kappa shape index (κ2) is 7.05. The molecule has 0 aromatic carbocycles. The van der Waals surface area contributed by atoms with Gasteiger partial charge in [-0.05, 0) is 45.2 Å². The smallest absolute Gasteiger partial charge is 0.337 e. The zero-order chi connectivity index (χ0) is 17.1. The van der Waals surface area contributed by atoms with E-state index in [9.17, 15) is 4.79 Å². The summed E-state index contributed by atoms with van der Waals surface area (Å²) in [6, 6.07) is 2.16. The van der Waals surface area contributed by atoms with Crippen molar-refractivity contribution in [1.29, 1.82) is 0 Å². The van der Waals surface area contributed by atoms with Crippen LogP contribution in [-0.4, -0.2) is 50.1 Å². The van der Waals surface area contributed by atoms with E-state index < -0.39 is 5.97 Å². The van der Waals surface area contributed by atoms with Gasteiger partial charge in [0.1, 0.15) is 0 Å². The standard InChI is InChI=1S/C18H22N4O2/c1-12(2)22-4-3-13(11-22)5-16-9-20-10-17(21-16)14-6-15(18(23)24)8-19-7-14/h6-10,12-13H,3-5,11H2,1-2H3,(H,23,24)/t13-/m0/s1. The number of hydrogen-bond acceptors (Lipinski definition) is 5. The number of nitrogens with zero attached hydrogens (tertiary/aromatic N) is 4. The van der Waals surface area contributed by atoms with Crippen LogP contribution in [0.15, 0.2) is 30.9 Å². The summed E-state index contributed by atoms with van der Waals surface area (Å²) in [5.41, 5.74) is 2.45. The van der Waals surface area contributed by atoms with Gasteiger partial charge in [0.05, 0.1) is 23.1 Å². The van der Waals surface area contributed by atoms with Crippen LogP contribution in [-0.2, 0) is 6.42 Å². The third kappa shape index (κ3) is 3.76. The van der Waals surface area contributed by atoms with E-state index in [-0.39, 0.29) is 5.56 Å². The Morgan fingerprint density at radius 1 is 1.29 bits per heavy atom. The summed E-state index contributed by atoms with van der Waals surface area (Å²) >= 11 is 0. The van der Waals surface area contributed by atoms with Gasteiger partial charge in [0.25, 0.3) is 0 Å². The van der Waals surface area contributed by atoms with Gasteiger partial charge in [-0.3, -0.25) is 9.97 Å². The van der Waals surface area contributed by atoms with Gasteiger partial charge in [0.2, 0.25) is 0 Å². The molecule has 1 aliphatic rings. The minimum Gasteiger partial charge on any atom is -0.478 e. The molecule has 1 fully saturated rings. The lowest BCUT2D eigenvalue weighted by atomic mass is 10.0. The molecule has 1 N–H and O–H groups in total. The summed E-state index contributed by atoms with van der Waals surface area (Å²) in [6.07, 6.45) is 8.49.